The van der Waals surface area contributed by atoms with Crippen molar-refractivity contribution in [2.75, 3.05) is 0 Å². The van der Waals surface area contributed by atoms with Gasteiger partial charge in [0.1, 0.15) is 24.0 Å². The second-order valence-corrected chi connectivity index (χ2v) is 10.8. The topological polar surface area (TPSA) is 158 Å². The lowest BCUT2D eigenvalue weighted by molar-refractivity contribution is -0.149. The van der Waals surface area contributed by atoms with Gasteiger partial charge >= 0.3 is 19.4 Å². The number of hydrogen-bond acceptors (Lipinski definition) is 9. The zero-order valence-corrected chi connectivity index (χ0v) is 20.9. The van der Waals surface area contributed by atoms with Gasteiger partial charge in [0.05, 0.1) is 6.10 Å². The van der Waals surface area contributed by atoms with Gasteiger partial charge in [0.2, 0.25) is 0 Å². The number of rotatable bonds is 9. The van der Waals surface area contributed by atoms with Gasteiger partial charge in [-0.15, -0.1) is 0 Å². The molecule has 1 saturated carbocycles. The fourth-order valence-corrected chi connectivity index (χ4v) is 5.83. The number of alkyl halides is 2. The summed E-state index contributed by atoms with van der Waals surface area (Å²) in [6.07, 6.45) is -4.40. The van der Waals surface area contributed by atoms with Crippen LogP contribution in [0.1, 0.15) is 27.0 Å². The Balaban J connectivity index is 1.57. The van der Waals surface area contributed by atoms with Crippen LogP contribution in [0.4, 0.5) is 4.39 Å². The molecule has 1 saturated heterocycles. The molecule has 0 spiro atoms. The monoisotopic (exact) mass is 547 g/mol. The summed E-state index contributed by atoms with van der Waals surface area (Å²) >= 11 is 6.01. The minimum atomic E-state index is -4.48. The quantitative estimate of drug-likeness (QED) is 0.239. The Bertz CT molecular complexity index is 1300. The summed E-state index contributed by atoms with van der Waals surface area (Å²) < 4.78 is 51.5. The van der Waals surface area contributed by atoms with Gasteiger partial charge < -0.3 is 19.1 Å². The van der Waals surface area contributed by atoms with Crippen molar-refractivity contribution in [3.8, 4) is 5.75 Å². The zero-order chi connectivity index (χ0) is 26.5. The molecule has 0 bridgehead atoms. The summed E-state index contributed by atoms with van der Waals surface area (Å²) in [5.74, 6) is -0.669. The van der Waals surface area contributed by atoms with Crippen LogP contribution in [0.3, 0.4) is 0 Å². The first kappa shape index (κ1) is 26.5. The summed E-state index contributed by atoms with van der Waals surface area (Å²) in [4.78, 5) is 37.6. The molecular formula is C21H24ClFN3O9P. The van der Waals surface area contributed by atoms with E-state index in [4.69, 9.17) is 30.1 Å². The van der Waals surface area contributed by atoms with E-state index >= 15 is 4.39 Å². The summed E-state index contributed by atoms with van der Waals surface area (Å²) in [6.45, 7) is 4.61. The van der Waals surface area contributed by atoms with Gasteiger partial charge in [-0.25, -0.2) is 13.8 Å². The molecule has 7 atom stereocenters. The number of carbonyl (C=O) groups is 1. The predicted octanol–water partition coefficient (Wildman–Crippen LogP) is 1.59. The molecule has 2 aromatic rings. The number of aromatic amines is 1. The van der Waals surface area contributed by atoms with Crippen LogP contribution >= 0.6 is 19.3 Å². The highest BCUT2D eigenvalue weighted by molar-refractivity contribution is 7.52. The van der Waals surface area contributed by atoms with Crippen molar-refractivity contribution in [3.63, 3.8) is 0 Å². The van der Waals surface area contributed by atoms with E-state index in [-0.39, 0.29) is 5.75 Å². The van der Waals surface area contributed by atoms with Crippen molar-refractivity contribution in [2.24, 2.45) is 0 Å². The van der Waals surface area contributed by atoms with E-state index in [0.717, 1.165) is 12.3 Å². The zero-order valence-electron chi connectivity index (χ0n) is 19.3. The van der Waals surface area contributed by atoms with Crippen LogP contribution in [0.5, 0.6) is 5.75 Å². The van der Waals surface area contributed by atoms with Crippen molar-refractivity contribution in [1.82, 2.24) is 14.6 Å². The normalized spacial score (nSPS) is 31.4. The molecule has 2 fully saturated rings. The summed E-state index contributed by atoms with van der Waals surface area (Å²) in [7, 11) is -4.48. The van der Waals surface area contributed by atoms with Crippen molar-refractivity contribution >= 4 is 25.3 Å². The number of halogens is 2. The number of ether oxygens (including phenoxy) is 2. The van der Waals surface area contributed by atoms with Crippen LogP contribution in [-0.4, -0.2) is 55.7 Å². The number of nitrogens with zero attached hydrogens (tertiary/aromatic N) is 1. The van der Waals surface area contributed by atoms with E-state index in [1.807, 2.05) is 4.98 Å². The van der Waals surface area contributed by atoms with Gasteiger partial charge in [-0.3, -0.25) is 23.7 Å². The average Bonchev–Trinajstić information content (AvgIpc) is 3.27. The van der Waals surface area contributed by atoms with Gasteiger partial charge in [0.15, 0.2) is 11.8 Å². The Morgan fingerprint density at radius 3 is 2.50 bits per heavy atom. The SMILES string of the molecule is CC(C)OC(=O)[C@H](C)NP(=O)(Oc1ccccc1)OC1[C@H]2O[C@@H](n3ccc(=O)[nH]c3=O)[C@@](F)(Cl)[C@@]12O. The van der Waals surface area contributed by atoms with Crippen molar-refractivity contribution in [3.05, 3.63) is 63.4 Å². The standard InChI is InChI=1S/C21H24ClFN3O9P/c1-11(2)32-17(28)12(3)25-36(31,34-13-7-5-4-6-8-13)35-16-15-20(16,30)21(22,23)18(33-15)26-10-9-14(27)24-19(26)29/h4-12,15-16,18,30H,1-3H3,(H,25,31)(H,24,27,29)/t12-,15+,16?,18+,20-,21-,36?/m0/s1. The van der Waals surface area contributed by atoms with Crippen LogP contribution in [0.25, 0.3) is 0 Å². The number of esters is 1. The first-order valence-corrected chi connectivity index (χ1v) is 12.8. The summed E-state index contributed by atoms with van der Waals surface area (Å²) in [5, 5.41) is 10.3. The van der Waals surface area contributed by atoms with Crippen molar-refractivity contribution < 1.29 is 37.4 Å². The molecular weight excluding hydrogens is 524 g/mol. The van der Waals surface area contributed by atoms with E-state index in [9.17, 15) is 24.1 Å². The number of hydrogen-bond donors (Lipinski definition) is 3. The summed E-state index contributed by atoms with van der Waals surface area (Å²) in [5.41, 5.74) is -4.29. The highest BCUT2D eigenvalue weighted by atomic mass is 35.5. The van der Waals surface area contributed by atoms with Gasteiger partial charge in [-0.05, 0) is 32.9 Å². The molecule has 0 radical (unpaired) electrons. The van der Waals surface area contributed by atoms with Crippen LogP contribution < -0.4 is 20.9 Å². The second-order valence-electron chi connectivity index (χ2n) is 8.64. The van der Waals surface area contributed by atoms with Gasteiger partial charge in [-0.2, -0.15) is 5.09 Å². The van der Waals surface area contributed by atoms with Gasteiger partial charge in [0, 0.05) is 12.3 Å². The molecule has 4 rings (SSSR count). The van der Waals surface area contributed by atoms with E-state index in [1.54, 1.807) is 32.0 Å². The van der Waals surface area contributed by atoms with Crippen LogP contribution in [0, 0.1) is 0 Å². The second kappa shape index (κ2) is 9.40. The van der Waals surface area contributed by atoms with Crippen LogP contribution in [0.15, 0.2) is 52.2 Å². The molecule has 1 aromatic carbocycles. The maximum absolute atomic E-state index is 15.7. The lowest BCUT2D eigenvalue weighted by Gasteiger charge is -2.30. The van der Waals surface area contributed by atoms with Crippen molar-refractivity contribution in [2.45, 2.75) is 62.1 Å². The molecule has 2 unspecified atom stereocenters. The number of carbonyl (C=O) groups excluding carboxylic acids is 1. The van der Waals surface area contributed by atoms with E-state index in [2.05, 4.69) is 5.09 Å². The third-order valence-electron chi connectivity index (χ3n) is 5.54. The van der Waals surface area contributed by atoms with Crippen molar-refractivity contribution in [1.29, 1.82) is 0 Å². The Labute approximate surface area is 208 Å². The molecule has 1 aromatic heterocycles. The maximum Gasteiger partial charge on any atom is 0.459 e. The Morgan fingerprint density at radius 2 is 1.94 bits per heavy atom. The number of benzene rings is 1. The number of nitrogens with one attached hydrogen (secondary N) is 2. The smallest absolute Gasteiger partial charge is 0.459 e. The third kappa shape index (κ3) is 4.74. The third-order valence-corrected chi connectivity index (χ3v) is 7.68. The lowest BCUT2D eigenvalue weighted by Crippen LogP contribution is -2.47. The minimum Gasteiger partial charge on any atom is -0.462 e. The van der Waals surface area contributed by atoms with Gasteiger partial charge in [0.25, 0.3) is 10.7 Å². The number of H-pyrrole nitrogens is 1. The molecule has 2 heterocycles. The molecule has 12 nitrogen and oxygen atoms in total. The maximum atomic E-state index is 15.7. The number of aliphatic hydroxyl groups is 1. The fourth-order valence-electron chi connectivity index (χ4n) is 3.75. The Morgan fingerprint density at radius 1 is 1.28 bits per heavy atom. The number of aromatic nitrogens is 2. The predicted molar refractivity (Wildman–Crippen MR) is 123 cm³/mol. The first-order chi connectivity index (χ1) is 16.8. The first-order valence-electron chi connectivity index (χ1n) is 10.9. The Hall–Kier alpha value is -2.54. The van der Waals surface area contributed by atoms with Crippen LogP contribution in [-0.2, 0) is 23.4 Å². The minimum absolute atomic E-state index is 0.0894. The average molecular weight is 548 g/mol. The largest absolute Gasteiger partial charge is 0.462 e. The number of para-hydroxylation sites is 1. The molecule has 36 heavy (non-hydrogen) atoms. The molecule has 196 valence electrons. The highest BCUT2D eigenvalue weighted by Gasteiger charge is 2.87. The summed E-state index contributed by atoms with van der Waals surface area (Å²) in [6, 6.07) is 7.56. The van der Waals surface area contributed by atoms with E-state index in [1.165, 1.54) is 19.1 Å². The lowest BCUT2D eigenvalue weighted by atomic mass is 10.1. The highest BCUT2D eigenvalue weighted by Crippen LogP contribution is 2.67. The molecule has 15 heteroatoms. The molecule has 2 aliphatic rings. The van der Waals surface area contributed by atoms with Gasteiger partial charge in [-0.1, -0.05) is 29.8 Å². The number of fused-ring (bicyclic) bond motifs is 1. The molecule has 1 aliphatic heterocycles. The molecule has 1 aliphatic carbocycles. The Kier molecular flexibility index (Phi) is 6.93. The van der Waals surface area contributed by atoms with E-state index < -0.39 is 66.3 Å². The fraction of sp³-hybridized carbons (Fsp3) is 0.476. The molecule has 0 amide bonds. The molecule has 3 N–H and O–H groups in total. The van der Waals surface area contributed by atoms with Crippen LogP contribution in [0.2, 0.25) is 0 Å². The van der Waals surface area contributed by atoms with E-state index in [0.29, 0.717) is 4.57 Å².